The van der Waals surface area contributed by atoms with Gasteiger partial charge in [-0.15, -0.1) is 0 Å². The lowest BCUT2D eigenvalue weighted by atomic mass is 10.0. The minimum atomic E-state index is 0.606. The van der Waals surface area contributed by atoms with Gasteiger partial charge in [0.2, 0.25) is 0 Å². The third-order valence-electron chi connectivity index (χ3n) is 1.53. The summed E-state index contributed by atoms with van der Waals surface area (Å²) in [5, 5.41) is 0. The molecule has 1 fully saturated rings. The molecule has 0 aromatic rings. The van der Waals surface area contributed by atoms with E-state index in [4.69, 9.17) is 4.74 Å². The van der Waals surface area contributed by atoms with E-state index in [-0.39, 0.29) is 0 Å². The van der Waals surface area contributed by atoms with Crippen molar-refractivity contribution >= 4 is 0 Å². The third kappa shape index (κ3) is 1.48. The van der Waals surface area contributed by atoms with Crippen molar-refractivity contribution in [2.24, 2.45) is 5.92 Å². The van der Waals surface area contributed by atoms with E-state index in [9.17, 15) is 0 Å². The highest BCUT2D eigenvalue weighted by molar-refractivity contribution is 4.67. The molecule has 1 unspecified atom stereocenters. The molecule has 0 amide bonds. The monoisotopic (exact) mass is 114 g/mol. The molecule has 0 N–H and O–H groups in total. The summed E-state index contributed by atoms with van der Waals surface area (Å²) < 4.78 is 5.24. The highest BCUT2D eigenvalue weighted by atomic mass is 16.5. The van der Waals surface area contributed by atoms with Crippen molar-refractivity contribution < 1.29 is 4.74 Å². The van der Waals surface area contributed by atoms with Crippen LogP contribution in [-0.4, -0.2) is 12.7 Å². The number of ether oxygens (including phenoxy) is 1. The van der Waals surface area contributed by atoms with Crippen LogP contribution < -0.4 is 0 Å². The van der Waals surface area contributed by atoms with Crippen molar-refractivity contribution in [2.45, 2.75) is 32.8 Å². The molecule has 1 aliphatic rings. The van der Waals surface area contributed by atoms with Gasteiger partial charge in [0.05, 0.1) is 6.10 Å². The Labute approximate surface area is 51.0 Å². The molecule has 1 aliphatic heterocycles. The summed E-state index contributed by atoms with van der Waals surface area (Å²) in [6.07, 6.45) is 3.15. The standard InChI is InChI=1S/C7H14O/c1-6(2)5-7-3-4-8-7/h6-7H,3-5H2,1-2H3. The van der Waals surface area contributed by atoms with Crippen LogP contribution in [0.3, 0.4) is 0 Å². The van der Waals surface area contributed by atoms with Gasteiger partial charge in [0.1, 0.15) is 0 Å². The van der Waals surface area contributed by atoms with E-state index in [1.54, 1.807) is 0 Å². The van der Waals surface area contributed by atoms with Crippen molar-refractivity contribution in [1.29, 1.82) is 0 Å². The van der Waals surface area contributed by atoms with E-state index in [1.807, 2.05) is 0 Å². The Morgan fingerprint density at radius 1 is 1.62 bits per heavy atom. The van der Waals surface area contributed by atoms with Crippen LogP contribution in [0.25, 0.3) is 0 Å². The molecule has 48 valence electrons. The predicted octanol–water partition coefficient (Wildman–Crippen LogP) is 1.82. The van der Waals surface area contributed by atoms with Gasteiger partial charge in [-0.05, 0) is 18.8 Å². The Bertz CT molecular complexity index is 64.8. The molecule has 0 aromatic carbocycles. The van der Waals surface area contributed by atoms with Crippen LogP contribution in [0.1, 0.15) is 26.7 Å². The van der Waals surface area contributed by atoms with Crippen LogP contribution in [0.2, 0.25) is 0 Å². The number of rotatable bonds is 2. The smallest absolute Gasteiger partial charge is 0.0599 e. The van der Waals surface area contributed by atoms with Crippen molar-refractivity contribution in [1.82, 2.24) is 0 Å². The number of hydrogen-bond donors (Lipinski definition) is 0. The van der Waals surface area contributed by atoms with Gasteiger partial charge in [-0.1, -0.05) is 13.8 Å². The Kier molecular flexibility index (Phi) is 1.90. The summed E-state index contributed by atoms with van der Waals surface area (Å²) in [5.41, 5.74) is 0. The summed E-state index contributed by atoms with van der Waals surface area (Å²) in [4.78, 5) is 0. The highest BCUT2D eigenvalue weighted by Gasteiger charge is 2.18. The zero-order valence-electron chi connectivity index (χ0n) is 5.68. The molecule has 8 heavy (non-hydrogen) atoms. The summed E-state index contributed by atoms with van der Waals surface area (Å²) in [5.74, 6) is 0.806. The average Bonchev–Trinajstić information content (AvgIpc) is 1.55. The second kappa shape index (κ2) is 2.49. The maximum atomic E-state index is 5.24. The molecule has 1 heterocycles. The highest BCUT2D eigenvalue weighted by Crippen LogP contribution is 2.18. The van der Waals surface area contributed by atoms with Gasteiger partial charge < -0.3 is 4.74 Å². The predicted molar refractivity (Wildman–Crippen MR) is 33.8 cm³/mol. The summed E-state index contributed by atoms with van der Waals surface area (Å²) >= 11 is 0. The van der Waals surface area contributed by atoms with Gasteiger partial charge >= 0.3 is 0 Å². The molecule has 0 aromatic heterocycles. The second-order valence-corrected chi connectivity index (χ2v) is 2.91. The fraction of sp³-hybridized carbons (Fsp3) is 1.00. The van der Waals surface area contributed by atoms with Crippen molar-refractivity contribution in [2.75, 3.05) is 6.61 Å². The molecule has 1 rings (SSSR count). The van der Waals surface area contributed by atoms with Crippen molar-refractivity contribution in [3.63, 3.8) is 0 Å². The van der Waals surface area contributed by atoms with Crippen LogP contribution in [0.5, 0.6) is 0 Å². The molecular weight excluding hydrogens is 100 g/mol. The minimum Gasteiger partial charge on any atom is -0.378 e. The maximum Gasteiger partial charge on any atom is 0.0599 e. The summed E-state index contributed by atoms with van der Waals surface area (Å²) in [6, 6.07) is 0. The van der Waals surface area contributed by atoms with Gasteiger partial charge in [0.15, 0.2) is 0 Å². The van der Waals surface area contributed by atoms with Crippen molar-refractivity contribution in [3.05, 3.63) is 0 Å². The van der Waals surface area contributed by atoms with Crippen LogP contribution >= 0.6 is 0 Å². The van der Waals surface area contributed by atoms with Gasteiger partial charge in [-0.3, -0.25) is 0 Å². The Morgan fingerprint density at radius 3 is 2.38 bits per heavy atom. The third-order valence-corrected chi connectivity index (χ3v) is 1.53. The van der Waals surface area contributed by atoms with Crippen LogP contribution in [0, 0.1) is 5.92 Å². The minimum absolute atomic E-state index is 0.606. The van der Waals surface area contributed by atoms with Gasteiger partial charge in [-0.2, -0.15) is 0 Å². The maximum absolute atomic E-state index is 5.24. The quantitative estimate of drug-likeness (QED) is 0.532. The van der Waals surface area contributed by atoms with E-state index >= 15 is 0 Å². The lowest BCUT2D eigenvalue weighted by Gasteiger charge is -2.27. The molecule has 0 aliphatic carbocycles. The van der Waals surface area contributed by atoms with E-state index in [0.717, 1.165) is 12.5 Å². The lowest BCUT2D eigenvalue weighted by molar-refractivity contribution is -0.0605. The zero-order chi connectivity index (χ0) is 5.98. The molecule has 0 radical (unpaired) electrons. The first kappa shape index (κ1) is 6.09. The van der Waals surface area contributed by atoms with E-state index < -0.39 is 0 Å². The van der Waals surface area contributed by atoms with Gasteiger partial charge in [-0.25, -0.2) is 0 Å². The normalized spacial score (nSPS) is 28.1. The van der Waals surface area contributed by atoms with E-state index in [0.29, 0.717) is 6.10 Å². The van der Waals surface area contributed by atoms with Crippen LogP contribution in [0.15, 0.2) is 0 Å². The van der Waals surface area contributed by atoms with E-state index in [1.165, 1.54) is 12.8 Å². The van der Waals surface area contributed by atoms with Crippen LogP contribution in [0.4, 0.5) is 0 Å². The summed E-state index contributed by atoms with van der Waals surface area (Å²) in [6.45, 7) is 5.47. The first-order valence-corrected chi connectivity index (χ1v) is 3.40. The fourth-order valence-corrected chi connectivity index (χ4v) is 0.996. The fourth-order valence-electron chi connectivity index (χ4n) is 0.996. The lowest BCUT2D eigenvalue weighted by Crippen LogP contribution is -2.27. The molecule has 1 saturated heterocycles. The number of hydrogen-bond acceptors (Lipinski definition) is 1. The average molecular weight is 114 g/mol. The molecule has 0 bridgehead atoms. The summed E-state index contributed by atoms with van der Waals surface area (Å²) in [7, 11) is 0. The second-order valence-electron chi connectivity index (χ2n) is 2.91. The van der Waals surface area contributed by atoms with E-state index in [2.05, 4.69) is 13.8 Å². The molecule has 1 heteroatoms. The Balaban J connectivity index is 2.01. The molecule has 1 atom stereocenters. The van der Waals surface area contributed by atoms with Gasteiger partial charge in [0.25, 0.3) is 0 Å². The van der Waals surface area contributed by atoms with Gasteiger partial charge in [0, 0.05) is 6.61 Å². The molecule has 0 saturated carbocycles. The first-order valence-electron chi connectivity index (χ1n) is 3.40. The van der Waals surface area contributed by atoms with Crippen molar-refractivity contribution in [3.8, 4) is 0 Å². The van der Waals surface area contributed by atoms with Crippen LogP contribution in [-0.2, 0) is 4.74 Å². The topological polar surface area (TPSA) is 9.23 Å². The largest absolute Gasteiger partial charge is 0.378 e. The Morgan fingerprint density at radius 2 is 2.25 bits per heavy atom. The first-order chi connectivity index (χ1) is 3.79. The zero-order valence-corrected chi connectivity index (χ0v) is 5.68. The molecule has 1 nitrogen and oxygen atoms in total. The Hall–Kier alpha value is -0.0400. The molecule has 0 spiro atoms. The SMILES string of the molecule is CC(C)CC1CCO1. The molecular formula is C7H14O.